The predicted octanol–water partition coefficient (Wildman–Crippen LogP) is 4.40. The number of hydrogen-bond donors (Lipinski definition) is 0. The summed E-state index contributed by atoms with van der Waals surface area (Å²) in [4.78, 5) is 0.747. The minimum Gasteiger partial charge on any atom is -0.383 e. The average Bonchev–Trinajstić information content (AvgIpc) is 2.37. The number of rotatable bonds is 9. The van der Waals surface area contributed by atoms with Crippen LogP contribution in [-0.2, 0) is 19.2 Å². The Balaban J connectivity index is 2.78. The molecule has 0 aromatic heterocycles. The lowest BCUT2D eigenvalue weighted by atomic mass is 10.3. The second-order valence-electron chi connectivity index (χ2n) is 4.05. The predicted molar refractivity (Wildman–Crippen MR) is 89.8 cm³/mol. The standard InChI is InChI=1S/C12H19O5PS3/c1-4-10-19-18(13,16-5-2)20-12-8-6-11(7-9-12)17-21(3,14)15/h6-9H,4-5,10H2,1-3H3. The number of hydrogen-bond acceptors (Lipinski definition) is 7. The van der Waals surface area contributed by atoms with Crippen LogP contribution in [0.4, 0.5) is 0 Å². The van der Waals surface area contributed by atoms with Gasteiger partial charge in [0.25, 0.3) is 0 Å². The third-order valence-electron chi connectivity index (χ3n) is 2.03. The molecule has 5 nitrogen and oxygen atoms in total. The van der Waals surface area contributed by atoms with Crippen molar-refractivity contribution in [2.45, 2.75) is 25.2 Å². The second-order valence-corrected chi connectivity index (χ2v) is 13.0. The van der Waals surface area contributed by atoms with E-state index in [1.807, 2.05) is 13.8 Å². The minimum atomic E-state index is -3.54. The van der Waals surface area contributed by atoms with E-state index in [2.05, 4.69) is 0 Å². The smallest absolute Gasteiger partial charge is 0.317 e. The van der Waals surface area contributed by atoms with Crippen LogP contribution in [0.1, 0.15) is 20.3 Å². The van der Waals surface area contributed by atoms with Crippen molar-refractivity contribution in [2.24, 2.45) is 0 Å². The molecule has 120 valence electrons. The van der Waals surface area contributed by atoms with Gasteiger partial charge in [-0.2, -0.15) is 8.42 Å². The molecule has 0 fully saturated rings. The normalized spacial score (nSPS) is 14.6. The minimum absolute atomic E-state index is 0.231. The zero-order valence-corrected chi connectivity index (χ0v) is 15.5. The van der Waals surface area contributed by atoms with Crippen LogP contribution in [-0.4, -0.2) is 27.0 Å². The van der Waals surface area contributed by atoms with E-state index >= 15 is 0 Å². The summed E-state index contributed by atoms with van der Waals surface area (Å²) in [7, 11) is -3.54. The molecule has 21 heavy (non-hydrogen) atoms. The summed E-state index contributed by atoms with van der Waals surface area (Å²) in [5, 5.41) is 0. The molecule has 0 heterocycles. The van der Waals surface area contributed by atoms with Gasteiger partial charge in [0.05, 0.1) is 12.9 Å². The van der Waals surface area contributed by atoms with E-state index in [0.29, 0.717) is 6.61 Å². The van der Waals surface area contributed by atoms with Crippen molar-refractivity contribution in [1.29, 1.82) is 0 Å². The summed E-state index contributed by atoms with van der Waals surface area (Å²) < 4.78 is 44.8. The lowest BCUT2D eigenvalue weighted by Gasteiger charge is -2.15. The largest absolute Gasteiger partial charge is 0.383 e. The Kier molecular flexibility index (Phi) is 7.64. The topological polar surface area (TPSA) is 69.7 Å². The molecule has 0 aliphatic heterocycles. The first kappa shape index (κ1) is 18.9. The first-order valence-electron chi connectivity index (χ1n) is 6.36. The molecule has 0 N–H and O–H groups in total. The van der Waals surface area contributed by atoms with Gasteiger partial charge >= 0.3 is 15.9 Å². The lowest BCUT2D eigenvalue weighted by Crippen LogP contribution is -2.05. The molecule has 0 aliphatic carbocycles. The molecule has 0 saturated carbocycles. The maximum absolute atomic E-state index is 12.6. The quantitative estimate of drug-likeness (QED) is 0.471. The van der Waals surface area contributed by atoms with Gasteiger partial charge in [-0.1, -0.05) is 18.3 Å². The van der Waals surface area contributed by atoms with Gasteiger partial charge in [-0.3, -0.25) is 4.57 Å². The molecule has 0 radical (unpaired) electrons. The zero-order valence-electron chi connectivity index (χ0n) is 12.1. The Labute approximate surface area is 134 Å². The van der Waals surface area contributed by atoms with Crippen molar-refractivity contribution in [3.63, 3.8) is 0 Å². The Morgan fingerprint density at radius 2 is 1.81 bits per heavy atom. The first-order valence-corrected chi connectivity index (χ1v) is 12.8. The van der Waals surface area contributed by atoms with Crippen molar-refractivity contribution in [3.8, 4) is 5.75 Å². The van der Waals surface area contributed by atoms with E-state index in [4.69, 9.17) is 8.71 Å². The Morgan fingerprint density at radius 1 is 1.19 bits per heavy atom. The van der Waals surface area contributed by atoms with Crippen LogP contribution in [0.5, 0.6) is 5.75 Å². The van der Waals surface area contributed by atoms with Crippen LogP contribution in [0.25, 0.3) is 0 Å². The monoisotopic (exact) mass is 370 g/mol. The summed E-state index contributed by atoms with van der Waals surface area (Å²) in [6, 6.07) is 6.40. The third kappa shape index (κ3) is 7.61. The third-order valence-corrected chi connectivity index (χ3v) is 9.76. The molecule has 1 atom stereocenters. The van der Waals surface area contributed by atoms with Crippen molar-refractivity contribution in [2.75, 3.05) is 18.6 Å². The van der Waals surface area contributed by atoms with Gasteiger partial charge in [0, 0.05) is 10.6 Å². The molecule has 0 amide bonds. The van der Waals surface area contributed by atoms with Gasteiger partial charge in [-0.15, -0.1) is 0 Å². The van der Waals surface area contributed by atoms with Crippen molar-refractivity contribution < 1.29 is 21.7 Å². The van der Waals surface area contributed by atoms with E-state index in [1.165, 1.54) is 34.9 Å². The van der Waals surface area contributed by atoms with E-state index in [0.717, 1.165) is 23.3 Å². The van der Waals surface area contributed by atoms with E-state index in [-0.39, 0.29) is 5.75 Å². The summed E-state index contributed by atoms with van der Waals surface area (Å²) in [6.45, 7) is 4.21. The molecule has 1 aromatic carbocycles. The molecule has 1 rings (SSSR count). The maximum Gasteiger partial charge on any atom is 0.317 e. The Bertz CT molecular complexity index is 585. The van der Waals surface area contributed by atoms with Gasteiger partial charge < -0.3 is 8.71 Å². The highest BCUT2D eigenvalue weighted by Gasteiger charge is 2.25. The SMILES string of the molecule is CCCSP(=O)(OCC)Sc1ccc(OS(C)(=O)=O)cc1. The summed E-state index contributed by atoms with van der Waals surface area (Å²) in [5.41, 5.74) is 0. The lowest BCUT2D eigenvalue weighted by molar-refractivity contribution is 0.357. The van der Waals surface area contributed by atoms with Gasteiger partial charge in [0.15, 0.2) is 0 Å². The highest BCUT2D eigenvalue weighted by atomic mass is 33.1. The Morgan fingerprint density at radius 3 is 2.29 bits per heavy atom. The highest BCUT2D eigenvalue weighted by Crippen LogP contribution is 2.72. The fourth-order valence-corrected chi connectivity index (χ4v) is 8.64. The zero-order chi connectivity index (χ0) is 15.9. The molecular formula is C12H19O5PS3. The fraction of sp³-hybridized carbons (Fsp3) is 0.500. The van der Waals surface area contributed by atoms with Crippen LogP contribution < -0.4 is 4.18 Å². The molecular weight excluding hydrogens is 351 g/mol. The van der Waals surface area contributed by atoms with Crippen molar-refractivity contribution in [3.05, 3.63) is 24.3 Å². The molecule has 0 aliphatic rings. The van der Waals surface area contributed by atoms with Crippen LogP contribution in [0, 0.1) is 0 Å². The Hall–Kier alpha value is -0.140. The van der Waals surface area contributed by atoms with Crippen molar-refractivity contribution >= 4 is 38.7 Å². The van der Waals surface area contributed by atoms with Gasteiger partial charge in [-0.05, 0) is 49.0 Å². The molecule has 1 aromatic rings. The first-order chi connectivity index (χ1) is 9.78. The van der Waals surface area contributed by atoms with Gasteiger partial charge in [-0.25, -0.2) is 0 Å². The average molecular weight is 370 g/mol. The molecule has 0 bridgehead atoms. The van der Waals surface area contributed by atoms with Crippen LogP contribution >= 0.6 is 28.5 Å². The summed E-state index contributed by atoms with van der Waals surface area (Å²) in [5.74, 6) is -1.85. The van der Waals surface area contributed by atoms with Crippen molar-refractivity contribution in [1.82, 2.24) is 0 Å². The van der Waals surface area contributed by atoms with Crippen LogP contribution in [0.3, 0.4) is 0 Å². The summed E-state index contributed by atoms with van der Waals surface area (Å²) >= 11 is 2.50. The molecule has 0 saturated heterocycles. The second kappa shape index (κ2) is 8.48. The summed E-state index contributed by atoms with van der Waals surface area (Å²) in [6.07, 6.45) is 1.91. The fourth-order valence-electron chi connectivity index (χ4n) is 1.31. The van der Waals surface area contributed by atoms with E-state index in [9.17, 15) is 13.0 Å². The van der Waals surface area contributed by atoms with Gasteiger partial charge in [0.2, 0.25) is 0 Å². The highest BCUT2D eigenvalue weighted by molar-refractivity contribution is 8.89. The van der Waals surface area contributed by atoms with Crippen LogP contribution in [0.15, 0.2) is 29.2 Å². The van der Waals surface area contributed by atoms with Crippen LogP contribution in [0.2, 0.25) is 0 Å². The number of benzene rings is 1. The van der Waals surface area contributed by atoms with E-state index < -0.39 is 15.9 Å². The molecule has 1 unspecified atom stereocenters. The maximum atomic E-state index is 12.6. The molecule has 9 heteroatoms. The van der Waals surface area contributed by atoms with E-state index in [1.54, 1.807) is 12.1 Å². The van der Waals surface area contributed by atoms with Gasteiger partial charge in [0.1, 0.15) is 5.75 Å². The molecule has 0 spiro atoms.